The molecule has 0 bridgehead atoms. The Kier molecular flexibility index (Phi) is 6.20. The van der Waals surface area contributed by atoms with Crippen molar-refractivity contribution in [3.8, 4) is 11.4 Å². The van der Waals surface area contributed by atoms with Crippen molar-refractivity contribution in [2.24, 2.45) is 0 Å². The van der Waals surface area contributed by atoms with Crippen molar-refractivity contribution in [1.29, 1.82) is 0 Å². The van der Waals surface area contributed by atoms with E-state index in [4.69, 9.17) is 0 Å². The van der Waals surface area contributed by atoms with Crippen LogP contribution in [0.15, 0.2) is 53.0 Å². The van der Waals surface area contributed by atoms with E-state index in [0.717, 1.165) is 46.0 Å². The number of benzene rings is 2. The van der Waals surface area contributed by atoms with Gasteiger partial charge in [-0.05, 0) is 37.3 Å². The standard InChI is InChI=1S/C23H24N4OS2/c1-4-17-15(3)29-13-19(17)22-25-26-23(27(22)5-2)30-14-21(28)24-20-12-8-10-16-9-6-7-11-18(16)20/h6-13H,4-5,14H2,1-3H3,(H,24,28). The Balaban J connectivity index is 1.50. The van der Waals surface area contributed by atoms with Crippen molar-refractivity contribution in [3.63, 3.8) is 0 Å². The van der Waals surface area contributed by atoms with Gasteiger partial charge < -0.3 is 9.88 Å². The minimum Gasteiger partial charge on any atom is -0.325 e. The van der Waals surface area contributed by atoms with E-state index in [9.17, 15) is 4.79 Å². The molecular formula is C23H24N4OS2. The Hall–Kier alpha value is -2.64. The van der Waals surface area contributed by atoms with Gasteiger partial charge in [-0.2, -0.15) is 0 Å². The number of hydrogen-bond donors (Lipinski definition) is 1. The highest BCUT2D eigenvalue weighted by Gasteiger charge is 2.18. The lowest BCUT2D eigenvalue weighted by atomic mass is 10.1. The molecular weight excluding hydrogens is 412 g/mol. The van der Waals surface area contributed by atoms with Crippen LogP contribution in [0.4, 0.5) is 5.69 Å². The van der Waals surface area contributed by atoms with Crippen LogP contribution in [0.2, 0.25) is 0 Å². The molecule has 2 aromatic heterocycles. The van der Waals surface area contributed by atoms with Gasteiger partial charge in [0.05, 0.1) is 5.75 Å². The molecule has 1 N–H and O–H groups in total. The van der Waals surface area contributed by atoms with Crippen molar-refractivity contribution in [1.82, 2.24) is 14.8 Å². The average Bonchev–Trinajstić information content (AvgIpc) is 3.34. The summed E-state index contributed by atoms with van der Waals surface area (Å²) in [6, 6.07) is 14.0. The summed E-state index contributed by atoms with van der Waals surface area (Å²) in [5.74, 6) is 1.12. The minimum atomic E-state index is -0.0517. The van der Waals surface area contributed by atoms with Gasteiger partial charge in [0, 0.05) is 33.4 Å². The highest BCUT2D eigenvalue weighted by atomic mass is 32.2. The zero-order valence-corrected chi connectivity index (χ0v) is 18.9. The van der Waals surface area contributed by atoms with Gasteiger partial charge in [-0.15, -0.1) is 21.5 Å². The van der Waals surface area contributed by atoms with Crippen molar-refractivity contribution >= 4 is 45.5 Å². The largest absolute Gasteiger partial charge is 0.325 e. The number of aromatic nitrogens is 3. The fourth-order valence-electron chi connectivity index (χ4n) is 3.64. The van der Waals surface area contributed by atoms with Crippen LogP contribution in [0.1, 0.15) is 24.3 Å². The molecule has 154 valence electrons. The maximum absolute atomic E-state index is 12.6. The molecule has 30 heavy (non-hydrogen) atoms. The number of rotatable bonds is 7. The van der Waals surface area contributed by atoms with Crippen LogP contribution in [0, 0.1) is 6.92 Å². The van der Waals surface area contributed by atoms with Crippen LogP contribution in [-0.2, 0) is 17.8 Å². The quantitative estimate of drug-likeness (QED) is 0.373. The molecule has 7 heteroatoms. The Bertz CT molecular complexity index is 1190. The summed E-state index contributed by atoms with van der Waals surface area (Å²) in [4.78, 5) is 13.9. The van der Waals surface area contributed by atoms with Gasteiger partial charge >= 0.3 is 0 Å². The van der Waals surface area contributed by atoms with Crippen molar-refractivity contribution in [3.05, 3.63) is 58.3 Å². The monoisotopic (exact) mass is 436 g/mol. The van der Waals surface area contributed by atoms with Crippen molar-refractivity contribution in [2.45, 2.75) is 38.9 Å². The Morgan fingerprint density at radius 3 is 2.73 bits per heavy atom. The molecule has 0 radical (unpaired) electrons. The van der Waals surface area contributed by atoms with E-state index in [0.29, 0.717) is 0 Å². The van der Waals surface area contributed by atoms with Crippen LogP contribution in [0.3, 0.4) is 0 Å². The molecule has 0 spiro atoms. The van der Waals surface area contributed by atoms with E-state index in [1.807, 2.05) is 42.5 Å². The summed E-state index contributed by atoms with van der Waals surface area (Å²) in [7, 11) is 0. The predicted octanol–water partition coefficient (Wildman–Crippen LogP) is 5.78. The maximum atomic E-state index is 12.6. The fraction of sp³-hybridized carbons (Fsp3) is 0.261. The molecule has 0 unspecified atom stereocenters. The molecule has 0 aliphatic heterocycles. The molecule has 0 fully saturated rings. The molecule has 0 saturated carbocycles. The van der Waals surface area contributed by atoms with E-state index in [1.165, 1.54) is 22.2 Å². The van der Waals surface area contributed by atoms with Crippen LogP contribution in [-0.4, -0.2) is 26.4 Å². The second-order valence-corrected chi connectivity index (χ2v) is 8.98. The number of hydrogen-bond acceptors (Lipinski definition) is 5. The van der Waals surface area contributed by atoms with E-state index >= 15 is 0 Å². The number of carbonyl (C=O) groups excluding carboxylic acids is 1. The first-order valence-corrected chi connectivity index (χ1v) is 11.9. The summed E-state index contributed by atoms with van der Waals surface area (Å²) >= 11 is 3.17. The third-order valence-corrected chi connectivity index (χ3v) is 7.05. The molecule has 5 nitrogen and oxygen atoms in total. The van der Waals surface area contributed by atoms with Gasteiger partial charge in [0.15, 0.2) is 11.0 Å². The van der Waals surface area contributed by atoms with Crippen LogP contribution in [0.25, 0.3) is 22.2 Å². The number of thioether (sulfide) groups is 1. The van der Waals surface area contributed by atoms with Crippen LogP contribution in [0.5, 0.6) is 0 Å². The Morgan fingerprint density at radius 1 is 1.13 bits per heavy atom. The molecule has 4 rings (SSSR count). The zero-order chi connectivity index (χ0) is 21.1. The Labute approximate surface area is 184 Å². The molecule has 2 aromatic carbocycles. The number of nitrogens with one attached hydrogen (secondary N) is 1. The van der Waals surface area contributed by atoms with E-state index in [2.05, 4.69) is 46.2 Å². The molecule has 0 aliphatic rings. The molecule has 1 amide bonds. The first kappa shape index (κ1) is 20.6. The highest BCUT2D eigenvalue weighted by molar-refractivity contribution is 7.99. The smallest absolute Gasteiger partial charge is 0.234 e. The number of aryl methyl sites for hydroxylation is 1. The lowest BCUT2D eigenvalue weighted by molar-refractivity contribution is -0.113. The lowest BCUT2D eigenvalue weighted by Gasteiger charge is -2.10. The first-order chi connectivity index (χ1) is 14.6. The summed E-state index contributed by atoms with van der Waals surface area (Å²) in [6.45, 7) is 7.15. The van der Waals surface area contributed by atoms with Gasteiger partial charge in [-0.25, -0.2) is 0 Å². The normalized spacial score (nSPS) is 11.2. The predicted molar refractivity (Wildman–Crippen MR) is 126 cm³/mol. The average molecular weight is 437 g/mol. The number of fused-ring (bicyclic) bond motifs is 1. The maximum Gasteiger partial charge on any atom is 0.234 e. The molecule has 4 aromatic rings. The van der Waals surface area contributed by atoms with E-state index in [1.54, 1.807) is 11.3 Å². The second-order valence-electron chi connectivity index (χ2n) is 6.95. The molecule has 0 atom stereocenters. The molecule has 2 heterocycles. The lowest BCUT2D eigenvalue weighted by Crippen LogP contribution is -2.15. The van der Waals surface area contributed by atoms with Gasteiger partial charge in [0.25, 0.3) is 0 Å². The number of thiophene rings is 1. The number of anilines is 1. The van der Waals surface area contributed by atoms with Gasteiger partial charge in [0.1, 0.15) is 0 Å². The number of nitrogens with zero attached hydrogens (tertiary/aromatic N) is 3. The van der Waals surface area contributed by atoms with E-state index < -0.39 is 0 Å². The summed E-state index contributed by atoms with van der Waals surface area (Å²) < 4.78 is 2.09. The van der Waals surface area contributed by atoms with Gasteiger partial charge in [-0.3, -0.25) is 4.79 Å². The summed E-state index contributed by atoms with van der Waals surface area (Å²) in [6.07, 6.45) is 0.969. The summed E-state index contributed by atoms with van der Waals surface area (Å²) in [5, 5.41) is 16.9. The fourth-order valence-corrected chi connectivity index (χ4v) is 5.38. The molecule has 0 saturated heterocycles. The number of amides is 1. The van der Waals surface area contributed by atoms with E-state index in [-0.39, 0.29) is 11.7 Å². The zero-order valence-electron chi connectivity index (χ0n) is 17.3. The van der Waals surface area contributed by atoms with Gasteiger partial charge in [-0.1, -0.05) is 55.1 Å². The highest BCUT2D eigenvalue weighted by Crippen LogP contribution is 2.32. The Morgan fingerprint density at radius 2 is 1.93 bits per heavy atom. The third kappa shape index (κ3) is 4.00. The molecule has 0 aliphatic carbocycles. The SMILES string of the molecule is CCc1c(-c2nnc(SCC(=O)Nc3cccc4ccccc34)n2CC)csc1C. The topological polar surface area (TPSA) is 59.8 Å². The van der Waals surface area contributed by atoms with Crippen molar-refractivity contribution < 1.29 is 4.79 Å². The van der Waals surface area contributed by atoms with Crippen molar-refractivity contribution in [2.75, 3.05) is 11.1 Å². The first-order valence-electron chi connectivity index (χ1n) is 10.0. The third-order valence-electron chi connectivity index (χ3n) is 5.13. The van der Waals surface area contributed by atoms with Crippen LogP contribution < -0.4 is 5.32 Å². The van der Waals surface area contributed by atoms with Gasteiger partial charge in [0.2, 0.25) is 5.91 Å². The van der Waals surface area contributed by atoms with Crippen LogP contribution >= 0.6 is 23.1 Å². The second kappa shape index (κ2) is 9.02. The minimum absolute atomic E-state index is 0.0517. The summed E-state index contributed by atoms with van der Waals surface area (Å²) in [5.41, 5.74) is 3.31. The number of carbonyl (C=O) groups is 1.